The van der Waals surface area contributed by atoms with Crippen LogP contribution in [-0.4, -0.2) is 61.3 Å². The minimum absolute atomic E-state index is 0.254. The molecule has 0 aromatic rings. The Balaban J connectivity index is 4.29. The predicted molar refractivity (Wildman–Crippen MR) is 216 cm³/mol. The van der Waals surface area contributed by atoms with Crippen molar-refractivity contribution in [3.63, 3.8) is 0 Å². The van der Waals surface area contributed by atoms with Crippen LogP contribution in [0.15, 0.2) is 0 Å². The number of carboxylic acids is 1. The predicted octanol–water partition coefficient (Wildman–Crippen LogP) is 10.9. The molecule has 0 aromatic carbocycles. The molecule has 308 valence electrons. The Labute approximate surface area is 319 Å². The molecule has 0 aliphatic carbocycles. The molecule has 0 rings (SSSR count). The van der Waals surface area contributed by atoms with Gasteiger partial charge in [0.1, 0.15) is 6.04 Å². The summed E-state index contributed by atoms with van der Waals surface area (Å²) in [7, 11) is 0. The summed E-state index contributed by atoms with van der Waals surface area (Å²) in [5, 5.41) is 18.1. The Bertz CT molecular complexity index is 817. The number of aliphatic carboxylic acids is 1. The van der Waals surface area contributed by atoms with Crippen LogP contribution in [0.5, 0.6) is 0 Å². The van der Waals surface area contributed by atoms with Gasteiger partial charge in [-0.05, 0) is 39.2 Å². The van der Waals surface area contributed by atoms with Crippen LogP contribution in [-0.2, 0) is 14.3 Å². The lowest BCUT2D eigenvalue weighted by Gasteiger charge is -2.28. The summed E-state index contributed by atoms with van der Waals surface area (Å²) in [6.45, 7) is 7.41. The molecular formula is C42H84N4O6. The second-order valence-corrected chi connectivity index (χ2v) is 15.0. The molecule has 2 amide bonds. The average Bonchev–Trinajstić information content (AvgIpc) is 3.12. The molecule has 0 saturated heterocycles. The van der Waals surface area contributed by atoms with E-state index in [-0.39, 0.29) is 6.42 Å². The van der Waals surface area contributed by atoms with E-state index in [0.717, 1.165) is 38.5 Å². The Kier molecular flexibility index (Phi) is 37.1. The van der Waals surface area contributed by atoms with Crippen molar-refractivity contribution in [2.24, 2.45) is 5.73 Å². The maximum atomic E-state index is 12.7. The number of nitrogens with one attached hydrogen (secondary N) is 3. The van der Waals surface area contributed by atoms with Crippen LogP contribution < -0.4 is 21.7 Å². The maximum absolute atomic E-state index is 12.7. The van der Waals surface area contributed by atoms with Crippen molar-refractivity contribution in [1.29, 1.82) is 0 Å². The Morgan fingerprint density at radius 2 is 0.846 bits per heavy atom. The van der Waals surface area contributed by atoms with E-state index >= 15 is 0 Å². The van der Waals surface area contributed by atoms with Crippen LogP contribution in [0.2, 0.25) is 0 Å². The third kappa shape index (κ3) is 33.7. The van der Waals surface area contributed by atoms with Gasteiger partial charge in [-0.15, -0.1) is 0 Å². The topological polar surface area (TPSA) is 152 Å². The molecular weight excluding hydrogens is 656 g/mol. The average molecular weight is 741 g/mol. The van der Waals surface area contributed by atoms with Crippen molar-refractivity contribution in [3.8, 4) is 0 Å². The zero-order chi connectivity index (χ0) is 38.3. The minimum atomic E-state index is -1.14. The van der Waals surface area contributed by atoms with Crippen LogP contribution in [0.3, 0.4) is 0 Å². The molecule has 3 atom stereocenters. The molecule has 6 N–H and O–H groups in total. The first kappa shape index (κ1) is 49.9. The first-order valence-corrected chi connectivity index (χ1v) is 21.9. The molecule has 0 saturated carbocycles. The number of amides is 2. The van der Waals surface area contributed by atoms with Crippen LogP contribution >= 0.6 is 0 Å². The van der Waals surface area contributed by atoms with E-state index in [4.69, 9.17) is 15.2 Å². The van der Waals surface area contributed by atoms with Gasteiger partial charge in [0, 0.05) is 13.1 Å². The van der Waals surface area contributed by atoms with E-state index in [1.54, 1.807) is 6.92 Å². The summed E-state index contributed by atoms with van der Waals surface area (Å²) in [5.74, 6) is -1.08. The summed E-state index contributed by atoms with van der Waals surface area (Å²) < 4.78 is 11.1. The van der Waals surface area contributed by atoms with E-state index in [9.17, 15) is 19.5 Å². The van der Waals surface area contributed by atoms with Crippen molar-refractivity contribution in [1.82, 2.24) is 16.0 Å². The summed E-state index contributed by atoms with van der Waals surface area (Å²) >= 11 is 0. The molecule has 3 unspecified atom stereocenters. The van der Waals surface area contributed by atoms with Gasteiger partial charge in [0.15, 0.2) is 12.3 Å². The Morgan fingerprint density at radius 1 is 0.519 bits per heavy atom. The molecule has 0 aromatic heterocycles. The highest BCUT2D eigenvalue weighted by Crippen LogP contribution is 2.15. The van der Waals surface area contributed by atoms with Crippen molar-refractivity contribution in [2.75, 3.05) is 19.6 Å². The van der Waals surface area contributed by atoms with E-state index in [1.807, 2.05) is 0 Å². The molecule has 52 heavy (non-hydrogen) atoms. The lowest BCUT2D eigenvalue weighted by Crippen LogP contribution is -2.53. The van der Waals surface area contributed by atoms with Crippen LogP contribution in [0, 0.1) is 0 Å². The maximum Gasteiger partial charge on any atom is 0.408 e. The highest BCUT2D eigenvalue weighted by molar-refractivity contribution is 5.73. The lowest BCUT2D eigenvalue weighted by atomic mass is 10.0. The number of hydrogen-bond acceptors (Lipinski definition) is 7. The third-order valence-electron chi connectivity index (χ3n) is 9.91. The normalized spacial score (nSPS) is 13.0. The van der Waals surface area contributed by atoms with Gasteiger partial charge in [-0.3, -0.25) is 10.1 Å². The summed E-state index contributed by atoms with van der Waals surface area (Å²) in [6, 6.07) is -1.00. The standard InChI is InChI=1S/C42H84N4O6/c1-4-6-8-10-12-14-16-18-20-22-24-26-28-30-35-44-41(49)51-37(3)39(46-38(40(47)48)33-32-34-43)52-42(50)45-36-31-29-27-25-23-21-19-17-15-13-11-9-7-5-2/h37-39,46H,4-36,43H2,1-3H3,(H,44,49)(H,45,50)(H,47,48). The van der Waals surface area contributed by atoms with E-state index in [2.05, 4.69) is 29.8 Å². The number of carbonyl (C=O) groups is 3. The molecule has 0 fully saturated rings. The van der Waals surface area contributed by atoms with Gasteiger partial charge in [-0.2, -0.15) is 0 Å². The van der Waals surface area contributed by atoms with Crippen LogP contribution in [0.4, 0.5) is 9.59 Å². The first-order valence-electron chi connectivity index (χ1n) is 21.9. The van der Waals surface area contributed by atoms with Crippen molar-refractivity contribution in [3.05, 3.63) is 0 Å². The van der Waals surface area contributed by atoms with Gasteiger partial charge in [-0.1, -0.05) is 181 Å². The Hall–Kier alpha value is -2.07. The second-order valence-electron chi connectivity index (χ2n) is 15.0. The first-order chi connectivity index (χ1) is 25.3. The number of rotatable bonds is 39. The number of ether oxygens (including phenoxy) is 2. The van der Waals surface area contributed by atoms with Crippen molar-refractivity contribution in [2.45, 2.75) is 232 Å². The van der Waals surface area contributed by atoms with E-state index in [1.165, 1.54) is 141 Å². The molecule has 0 bridgehead atoms. The monoisotopic (exact) mass is 741 g/mol. The number of alkyl carbamates (subject to hydrolysis) is 2. The second kappa shape index (κ2) is 38.6. The fraction of sp³-hybridized carbons (Fsp3) is 0.929. The van der Waals surface area contributed by atoms with Gasteiger partial charge in [0.25, 0.3) is 0 Å². The quantitative estimate of drug-likeness (QED) is 0.0308. The largest absolute Gasteiger partial charge is 0.480 e. The van der Waals surface area contributed by atoms with Crippen molar-refractivity contribution >= 4 is 18.2 Å². The Morgan fingerprint density at radius 3 is 1.17 bits per heavy atom. The fourth-order valence-electron chi connectivity index (χ4n) is 6.51. The zero-order valence-electron chi connectivity index (χ0n) is 34.1. The highest BCUT2D eigenvalue weighted by Gasteiger charge is 2.30. The minimum Gasteiger partial charge on any atom is -0.480 e. The summed E-state index contributed by atoms with van der Waals surface area (Å²) in [4.78, 5) is 37.1. The fourth-order valence-corrected chi connectivity index (χ4v) is 6.51. The van der Waals surface area contributed by atoms with Gasteiger partial charge in [-0.25, -0.2) is 9.59 Å². The molecule has 0 spiro atoms. The van der Waals surface area contributed by atoms with Gasteiger partial charge in [0.05, 0.1) is 0 Å². The smallest absolute Gasteiger partial charge is 0.408 e. The van der Waals surface area contributed by atoms with Crippen LogP contribution in [0.1, 0.15) is 213 Å². The number of unbranched alkanes of at least 4 members (excludes halogenated alkanes) is 26. The highest BCUT2D eigenvalue weighted by atomic mass is 16.6. The molecule has 10 nitrogen and oxygen atoms in total. The van der Waals surface area contributed by atoms with E-state index in [0.29, 0.717) is 26.1 Å². The summed E-state index contributed by atoms with van der Waals surface area (Å²) in [6.07, 6.45) is 32.8. The number of nitrogens with two attached hydrogens (primary N) is 1. The van der Waals surface area contributed by atoms with Crippen LogP contribution in [0.25, 0.3) is 0 Å². The molecule has 0 aliphatic rings. The van der Waals surface area contributed by atoms with Crippen molar-refractivity contribution < 1.29 is 29.0 Å². The third-order valence-corrected chi connectivity index (χ3v) is 9.91. The number of hydrogen-bond donors (Lipinski definition) is 5. The molecule has 0 aliphatic heterocycles. The summed E-state index contributed by atoms with van der Waals surface area (Å²) in [5.41, 5.74) is 5.60. The molecule has 0 heterocycles. The lowest BCUT2D eigenvalue weighted by molar-refractivity contribution is -0.141. The van der Waals surface area contributed by atoms with E-state index < -0.39 is 36.5 Å². The number of carboxylic acid groups (broad SMARTS) is 1. The zero-order valence-corrected chi connectivity index (χ0v) is 34.1. The SMILES string of the molecule is CCCCCCCCCCCCCCCCNC(=O)OC(C)C(NC(CCCN)C(=O)O)OC(=O)NCCCCCCCCCCCCCCCC. The van der Waals surface area contributed by atoms with Gasteiger partial charge < -0.3 is 30.9 Å². The van der Waals surface area contributed by atoms with Gasteiger partial charge in [0.2, 0.25) is 0 Å². The molecule has 0 radical (unpaired) electrons. The molecule has 10 heteroatoms. The van der Waals surface area contributed by atoms with Gasteiger partial charge >= 0.3 is 18.2 Å². The number of carbonyl (C=O) groups excluding carboxylic acids is 2.